The van der Waals surface area contributed by atoms with Gasteiger partial charge in [0.1, 0.15) is 17.2 Å². The Morgan fingerprint density at radius 3 is 2.63 bits per heavy atom. The molecule has 2 N–H and O–H groups in total. The van der Waals surface area contributed by atoms with Crippen molar-refractivity contribution in [3.8, 4) is 5.75 Å². The molecule has 98 valence electrons. The summed E-state index contributed by atoms with van der Waals surface area (Å²) in [6.07, 6.45) is 2.05. The molecule has 0 aromatic heterocycles. The fourth-order valence-electron chi connectivity index (χ4n) is 2.95. The predicted octanol–water partition coefficient (Wildman–Crippen LogP) is 3.10. The summed E-state index contributed by atoms with van der Waals surface area (Å²) in [5.41, 5.74) is 0.772. The van der Waals surface area contributed by atoms with E-state index in [1.807, 2.05) is 0 Å². The largest absolute Gasteiger partial charge is 0.508 e. The van der Waals surface area contributed by atoms with Crippen LogP contribution in [-0.2, 0) is 12.0 Å². The summed E-state index contributed by atoms with van der Waals surface area (Å²) in [7, 11) is 0. The summed E-state index contributed by atoms with van der Waals surface area (Å²) in [6.45, 7) is 0. The number of hydrogen-bond donors (Lipinski definition) is 2. The molecule has 0 radical (unpaired) electrons. The molecule has 0 fully saturated rings. The number of halogens is 1. The van der Waals surface area contributed by atoms with Gasteiger partial charge in [0.05, 0.1) is 0 Å². The molecule has 1 unspecified atom stereocenters. The molecular weight excluding hydrogens is 243 g/mol. The lowest BCUT2D eigenvalue weighted by atomic mass is 9.75. The van der Waals surface area contributed by atoms with Crippen LogP contribution in [0.15, 0.2) is 42.5 Å². The number of para-hydroxylation sites is 1. The number of benzene rings is 2. The molecule has 2 nitrogen and oxygen atoms in total. The lowest BCUT2D eigenvalue weighted by molar-refractivity contribution is 0.0590. The van der Waals surface area contributed by atoms with Crippen molar-refractivity contribution in [2.45, 2.75) is 24.9 Å². The highest BCUT2D eigenvalue weighted by molar-refractivity contribution is 5.48. The van der Waals surface area contributed by atoms with Gasteiger partial charge in [0.25, 0.3) is 0 Å². The van der Waals surface area contributed by atoms with Crippen LogP contribution >= 0.6 is 0 Å². The van der Waals surface area contributed by atoms with Crippen molar-refractivity contribution in [3.63, 3.8) is 0 Å². The van der Waals surface area contributed by atoms with Crippen LogP contribution in [0, 0.1) is 5.82 Å². The van der Waals surface area contributed by atoms with E-state index in [9.17, 15) is 14.6 Å². The average Bonchev–Trinajstić information content (AvgIpc) is 2.39. The fourth-order valence-corrected chi connectivity index (χ4v) is 2.95. The third-order valence-electron chi connectivity index (χ3n) is 3.85. The Bertz CT molecular complexity index is 624. The maximum atomic E-state index is 13.3. The quantitative estimate of drug-likeness (QED) is 0.825. The zero-order valence-electron chi connectivity index (χ0n) is 10.4. The van der Waals surface area contributed by atoms with Crippen molar-refractivity contribution >= 4 is 0 Å². The molecule has 0 amide bonds. The van der Waals surface area contributed by atoms with Gasteiger partial charge in [-0.3, -0.25) is 0 Å². The number of aromatic hydroxyl groups is 1. The minimum absolute atomic E-state index is 0.0715. The van der Waals surface area contributed by atoms with Gasteiger partial charge in [-0.25, -0.2) is 4.39 Å². The van der Waals surface area contributed by atoms with E-state index >= 15 is 0 Å². The summed E-state index contributed by atoms with van der Waals surface area (Å²) in [5, 5.41) is 21.0. The molecule has 2 aromatic carbocycles. The van der Waals surface area contributed by atoms with Crippen LogP contribution in [0.1, 0.15) is 29.5 Å². The Hall–Kier alpha value is -1.87. The van der Waals surface area contributed by atoms with Crippen molar-refractivity contribution in [2.24, 2.45) is 0 Å². The number of phenols is 1. The van der Waals surface area contributed by atoms with E-state index in [-0.39, 0.29) is 11.6 Å². The zero-order chi connectivity index (χ0) is 13.5. The van der Waals surface area contributed by atoms with Crippen molar-refractivity contribution in [1.82, 2.24) is 0 Å². The molecule has 3 heteroatoms. The number of fused-ring (bicyclic) bond motifs is 1. The first-order chi connectivity index (χ1) is 9.11. The van der Waals surface area contributed by atoms with E-state index < -0.39 is 5.60 Å². The zero-order valence-corrected chi connectivity index (χ0v) is 10.4. The van der Waals surface area contributed by atoms with Crippen LogP contribution < -0.4 is 0 Å². The molecule has 0 bridgehead atoms. The summed E-state index contributed by atoms with van der Waals surface area (Å²) in [6, 6.07) is 11.2. The number of hydrogen-bond acceptors (Lipinski definition) is 2. The van der Waals surface area contributed by atoms with Crippen LogP contribution in [-0.4, -0.2) is 10.2 Å². The lowest BCUT2D eigenvalue weighted by Gasteiger charge is -2.35. The first-order valence-corrected chi connectivity index (χ1v) is 6.41. The van der Waals surface area contributed by atoms with Gasteiger partial charge < -0.3 is 10.2 Å². The van der Waals surface area contributed by atoms with Gasteiger partial charge in [-0.2, -0.15) is 0 Å². The summed E-state index contributed by atoms with van der Waals surface area (Å²) < 4.78 is 13.3. The smallest absolute Gasteiger partial charge is 0.123 e. The second-order valence-electron chi connectivity index (χ2n) is 5.03. The Kier molecular flexibility index (Phi) is 2.79. The minimum atomic E-state index is -1.23. The molecule has 3 rings (SSSR count). The number of rotatable bonds is 1. The maximum absolute atomic E-state index is 13.3. The van der Waals surface area contributed by atoms with Crippen LogP contribution in [0.2, 0.25) is 0 Å². The van der Waals surface area contributed by atoms with Gasteiger partial charge in [0.15, 0.2) is 0 Å². The van der Waals surface area contributed by atoms with Crippen molar-refractivity contribution in [3.05, 3.63) is 65.0 Å². The highest BCUT2D eigenvalue weighted by atomic mass is 19.1. The van der Waals surface area contributed by atoms with E-state index in [4.69, 9.17) is 0 Å². The molecule has 0 saturated carbocycles. The van der Waals surface area contributed by atoms with E-state index in [1.54, 1.807) is 30.3 Å². The molecule has 0 aliphatic heterocycles. The minimum Gasteiger partial charge on any atom is -0.508 e. The molecule has 0 spiro atoms. The van der Waals surface area contributed by atoms with Gasteiger partial charge in [0.2, 0.25) is 0 Å². The number of aryl methyl sites for hydroxylation is 1. The Morgan fingerprint density at radius 1 is 1.05 bits per heavy atom. The highest BCUT2D eigenvalue weighted by Gasteiger charge is 2.37. The van der Waals surface area contributed by atoms with E-state index in [1.165, 1.54) is 12.1 Å². The van der Waals surface area contributed by atoms with Crippen molar-refractivity contribution < 1.29 is 14.6 Å². The fraction of sp³-hybridized carbons (Fsp3) is 0.250. The molecule has 0 saturated heterocycles. The molecule has 0 heterocycles. The summed E-state index contributed by atoms with van der Waals surface area (Å²) >= 11 is 0. The van der Waals surface area contributed by atoms with Crippen LogP contribution in [0.3, 0.4) is 0 Å². The second-order valence-corrected chi connectivity index (χ2v) is 5.03. The van der Waals surface area contributed by atoms with Crippen LogP contribution in [0.4, 0.5) is 4.39 Å². The first-order valence-electron chi connectivity index (χ1n) is 6.41. The SMILES string of the molecule is Oc1ccccc1C1(O)CCCc2cc(F)ccc21. The van der Waals surface area contributed by atoms with Gasteiger partial charge in [-0.05, 0) is 48.6 Å². The second kappa shape index (κ2) is 4.35. The Balaban J connectivity index is 2.20. The van der Waals surface area contributed by atoms with E-state index in [0.29, 0.717) is 17.5 Å². The predicted molar refractivity (Wildman–Crippen MR) is 70.4 cm³/mol. The Labute approximate surface area is 111 Å². The lowest BCUT2D eigenvalue weighted by Crippen LogP contribution is -2.32. The average molecular weight is 258 g/mol. The number of phenolic OH excluding ortho intramolecular Hbond substituents is 1. The molecule has 2 aromatic rings. The summed E-state index contributed by atoms with van der Waals surface area (Å²) in [5.74, 6) is -0.220. The number of aliphatic hydroxyl groups is 1. The third kappa shape index (κ3) is 1.90. The molecule has 1 aliphatic rings. The maximum Gasteiger partial charge on any atom is 0.123 e. The monoisotopic (exact) mass is 258 g/mol. The van der Waals surface area contributed by atoms with Gasteiger partial charge in [-0.1, -0.05) is 24.3 Å². The van der Waals surface area contributed by atoms with Crippen LogP contribution in [0.25, 0.3) is 0 Å². The molecule has 19 heavy (non-hydrogen) atoms. The first kappa shape index (κ1) is 12.2. The third-order valence-corrected chi connectivity index (χ3v) is 3.85. The summed E-state index contributed by atoms with van der Waals surface area (Å²) in [4.78, 5) is 0. The van der Waals surface area contributed by atoms with Gasteiger partial charge in [-0.15, -0.1) is 0 Å². The van der Waals surface area contributed by atoms with E-state index in [2.05, 4.69) is 0 Å². The van der Waals surface area contributed by atoms with Gasteiger partial charge >= 0.3 is 0 Å². The highest BCUT2D eigenvalue weighted by Crippen LogP contribution is 2.43. The van der Waals surface area contributed by atoms with E-state index in [0.717, 1.165) is 18.4 Å². The normalized spacial score (nSPS) is 22.0. The van der Waals surface area contributed by atoms with Gasteiger partial charge in [0, 0.05) is 5.56 Å². The topological polar surface area (TPSA) is 40.5 Å². The molecule has 1 atom stereocenters. The van der Waals surface area contributed by atoms with Crippen molar-refractivity contribution in [1.29, 1.82) is 0 Å². The van der Waals surface area contributed by atoms with Crippen LogP contribution in [0.5, 0.6) is 5.75 Å². The standard InChI is InChI=1S/C16H15FO2/c17-12-7-8-13-11(10-12)4-3-9-16(13,19)14-5-1-2-6-15(14)18/h1-2,5-8,10,18-19H,3-4,9H2. The molecular formula is C16H15FO2. The Morgan fingerprint density at radius 2 is 1.84 bits per heavy atom. The van der Waals surface area contributed by atoms with Crippen molar-refractivity contribution in [2.75, 3.05) is 0 Å². The molecule has 1 aliphatic carbocycles.